The number of aromatic nitrogens is 3. The van der Waals surface area contributed by atoms with Crippen molar-refractivity contribution in [1.29, 1.82) is 0 Å². The minimum atomic E-state index is -1.09. The van der Waals surface area contributed by atoms with E-state index in [1.807, 2.05) is 18.4 Å². The van der Waals surface area contributed by atoms with Gasteiger partial charge in [-0.25, -0.2) is 32.3 Å². The number of carbonyl (C=O) groups is 1. The van der Waals surface area contributed by atoms with Crippen molar-refractivity contribution < 1.29 is 36.9 Å². The van der Waals surface area contributed by atoms with E-state index in [1.54, 1.807) is 6.07 Å². The van der Waals surface area contributed by atoms with Crippen molar-refractivity contribution in [2.24, 2.45) is 5.41 Å². The maximum Gasteiger partial charge on any atom is 0.335 e. The van der Waals surface area contributed by atoms with Crippen molar-refractivity contribution in [2.45, 2.75) is 32.9 Å². The summed E-state index contributed by atoms with van der Waals surface area (Å²) >= 11 is 0. The normalized spacial score (nSPS) is 16.0. The van der Waals surface area contributed by atoms with E-state index < -0.39 is 35.1 Å². The van der Waals surface area contributed by atoms with Crippen LogP contribution in [0.4, 0.5) is 17.6 Å². The molecule has 1 atom stereocenters. The first kappa shape index (κ1) is 29.3. The van der Waals surface area contributed by atoms with Gasteiger partial charge in [-0.15, -0.1) is 0 Å². The minimum Gasteiger partial charge on any atom is -0.478 e. The van der Waals surface area contributed by atoms with Gasteiger partial charge >= 0.3 is 5.97 Å². The summed E-state index contributed by atoms with van der Waals surface area (Å²) in [6.45, 7) is 4.74. The first-order valence-electron chi connectivity index (χ1n) is 13.8. The molecule has 3 aromatic carbocycles. The molecule has 1 saturated heterocycles. The smallest absolute Gasteiger partial charge is 0.335 e. The average molecular weight is 606 g/mol. The van der Waals surface area contributed by atoms with E-state index in [0.717, 1.165) is 18.2 Å². The zero-order chi connectivity index (χ0) is 31.2. The molecule has 44 heavy (non-hydrogen) atoms. The van der Waals surface area contributed by atoms with Gasteiger partial charge in [-0.05, 0) is 65.7 Å². The van der Waals surface area contributed by atoms with Gasteiger partial charge in [-0.2, -0.15) is 0 Å². The molecular formula is C33H27F4N3O4. The maximum absolute atomic E-state index is 15.6. The number of fused-ring (bicyclic) bond motifs is 1. The van der Waals surface area contributed by atoms with Crippen molar-refractivity contribution in [1.82, 2.24) is 14.5 Å². The zero-order valence-corrected chi connectivity index (χ0v) is 23.8. The average Bonchev–Trinajstić information content (AvgIpc) is 3.52. The fourth-order valence-corrected chi connectivity index (χ4v) is 5.42. The number of pyridine rings is 1. The molecule has 11 heteroatoms. The lowest BCUT2D eigenvalue weighted by Gasteiger charge is -2.28. The molecule has 0 spiro atoms. The molecule has 0 aliphatic carbocycles. The molecule has 3 heterocycles. The van der Waals surface area contributed by atoms with Crippen LogP contribution in [0.15, 0.2) is 66.7 Å². The van der Waals surface area contributed by atoms with Crippen LogP contribution >= 0.6 is 0 Å². The summed E-state index contributed by atoms with van der Waals surface area (Å²) in [6.07, 6.45) is -0.0877. The number of halogens is 4. The number of nitrogens with zero attached hydrogens (tertiary/aromatic N) is 3. The lowest BCUT2D eigenvalue weighted by atomic mass is 9.87. The topological polar surface area (TPSA) is 86.5 Å². The van der Waals surface area contributed by atoms with Crippen LogP contribution in [0.25, 0.3) is 22.3 Å². The van der Waals surface area contributed by atoms with Gasteiger partial charge in [0.2, 0.25) is 0 Å². The number of ether oxygens (including phenoxy) is 2. The lowest BCUT2D eigenvalue weighted by molar-refractivity contribution is 0.0697. The van der Waals surface area contributed by atoms with E-state index >= 15 is 8.78 Å². The highest BCUT2D eigenvalue weighted by Gasteiger charge is 2.39. The quantitative estimate of drug-likeness (QED) is 0.190. The van der Waals surface area contributed by atoms with Crippen LogP contribution < -0.4 is 4.74 Å². The van der Waals surface area contributed by atoms with Gasteiger partial charge in [-0.1, -0.05) is 26.0 Å². The van der Waals surface area contributed by atoms with Gasteiger partial charge in [0.05, 0.1) is 41.5 Å². The molecule has 226 valence electrons. The van der Waals surface area contributed by atoms with E-state index in [9.17, 15) is 18.7 Å². The van der Waals surface area contributed by atoms with Crippen molar-refractivity contribution in [3.05, 3.63) is 113 Å². The summed E-state index contributed by atoms with van der Waals surface area (Å²) in [5, 5.41) is 9.56. The molecule has 1 aliphatic heterocycles. The Kier molecular flexibility index (Phi) is 7.58. The third-order valence-electron chi connectivity index (χ3n) is 7.84. The third kappa shape index (κ3) is 5.62. The molecule has 7 nitrogen and oxygen atoms in total. The number of carboxylic acid groups (broad SMARTS) is 1. The van der Waals surface area contributed by atoms with Crippen LogP contribution in [-0.2, 0) is 17.8 Å². The third-order valence-corrected chi connectivity index (χ3v) is 7.84. The summed E-state index contributed by atoms with van der Waals surface area (Å²) in [6, 6.07) is 14.1. The molecule has 0 saturated carbocycles. The van der Waals surface area contributed by atoms with E-state index in [0.29, 0.717) is 35.6 Å². The second-order valence-corrected chi connectivity index (χ2v) is 11.4. The highest BCUT2D eigenvalue weighted by atomic mass is 19.1. The maximum atomic E-state index is 15.6. The Hall–Kier alpha value is -4.77. The Bertz CT molecular complexity index is 1890. The molecule has 6 rings (SSSR count). The molecule has 5 aromatic rings. The van der Waals surface area contributed by atoms with E-state index in [1.165, 1.54) is 42.5 Å². The van der Waals surface area contributed by atoms with E-state index in [4.69, 9.17) is 9.47 Å². The van der Waals surface area contributed by atoms with Gasteiger partial charge in [0, 0.05) is 17.4 Å². The monoisotopic (exact) mass is 605 g/mol. The van der Waals surface area contributed by atoms with E-state index in [2.05, 4.69) is 9.97 Å². The number of imidazole rings is 1. The minimum absolute atomic E-state index is 0.0212. The standard InChI is InChI=1S/C33H27F4N3O4/c1-33(2)17-43-16-29(33)40-28-12-19(32(41)42)5-9-27(28)38-30(40)13-20-11-25(37)22(14-24(20)36)26-10-8-23(35)31(39-26)44-15-18-3-6-21(34)7-4-18/h3-12,14,29H,13,15-17H2,1-2H3,(H,41,42). The van der Waals surface area contributed by atoms with Gasteiger partial charge in [0.25, 0.3) is 5.88 Å². The first-order valence-corrected chi connectivity index (χ1v) is 13.8. The zero-order valence-electron chi connectivity index (χ0n) is 23.8. The lowest BCUT2D eigenvalue weighted by Crippen LogP contribution is -2.27. The van der Waals surface area contributed by atoms with Crippen molar-refractivity contribution in [3.8, 4) is 17.1 Å². The number of rotatable bonds is 8. The van der Waals surface area contributed by atoms with Crippen LogP contribution in [0.5, 0.6) is 5.88 Å². The molecule has 1 N–H and O–H groups in total. The first-order chi connectivity index (χ1) is 21.0. The Labute approximate surface area is 249 Å². The Morgan fingerprint density at radius 3 is 2.45 bits per heavy atom. The van der Waals surface area contributed by atoms with Gasteiger partial charge in [0.15, 0.2) is 5.82 Å². The summed E-state index contributed by atoms with van der Waals surface area (Å²) in [4.78, 5) is 20.4. The largest absolute Gasteiger partial charge is 0.478 e. The Balaban J connectivity index is 1.33. The van der Waals surface area contributed by atoms with Crippen molar-refractivity contribution in [3.63, 3.8) is 0 Å². The predicted molar refractivity (Wildman–Crippen MR) is 153 cm³/mol. The van der Waals surface area contributed by atoms with Crippen LogP contribution in [0.2, 0.25) is 0 Å². The van der Waals surface area contributed by atoms with Crippen LogP contribution in [0.3, 0.4) is 0 Å². The molecular weight excluding hydrogens is 578 g/mol. The Morgan fingerprint density at radius 2 is 1.75 bits per heavy atom. The highest BCUT2D eigenvalue weighted by Crippen LogP contribution is 2.40. The summed E-state index contributed by atoms with van der Waals surface area (Å²) in [5.41, 5.74) is 1.18. The molecule has 1 unspecified atom stereocenters. The molecule has 0 radical (unpaired) electrons. The molecule has 0 bridgehead atoms. The summed E-state index contributed by atoms with van der Waals surface area (Å²) < 4.78 is 71.8. The fourth-order valence-electron chi connectivity index (χ4n) is 5.42. The summed E-state index contributed by atoms with van der Waals surface area (Å²) in [7, 11) is 0. The van der Waals surface area contributed by atoms with Crippen LogP contribution in [0.1, 0.15) is 47.2 Å². The van der Waals surface area contributed by atoms with Crippen molar-refractivity contribution in [2.75, 3.05) is 13.2 Å². The number of aromatic carboxylic acids is 1. The fraction of sp³-hybridized carbons (Fsp3) is 0.242. The molecule has 1 aliphatic rings. The number of hydrogen-bond acceptors (Lipinski definition) is 5. The van der Waals surface area contributed by atoms with Gasteiger partial charge in [0.1, 0.15) is 29.9 Å². The highest BCUT2D eigenvalue weighted by molar-refractivity contribution is 5.92. The van der Waals surface area contributed by atoms with Crippen LogP contribution in [-0.4, -0.2) is 38.8 Å². The molecule has 2 aromatic heterocycles. The molecule has 0 amide bonds. The number of carboxylic acids is 1. The van der Waals surface area contributed by atoms with Crippen LogP contribution in [0, 0.1) is 28.7 Å². The number of benzene rings is 3. The Morgan fingerprint density at radius 1 is 0.977 bits per heavy atom. The number of hydrogen-bond donors (Lipinski definition) is 1. The van der Waals surface area contributed by atoms with Gasteiger partial charge < -0.3 is 19.1 Å². The second-order valence-electron chi connectivity index (χ2n) is 11.4. The summed E-state index contributed by atoms with van der Waals surface area (Å²) in [5.74, 6) is -3.82. The van der Waals surface area contributed by atoms with Crippen molar-refractivity contribution >= 4 is 17.0 Å². The second kappa shape index (κ2) is 11.4. The SMILES string of the molecule is CC1(C)COCC1n1c(Cc2cc(F)c(-c3ccc(F)c(OCc4ccc(F)cc4)n3)cc2F)nc2ccc(C(=O)O)cc21. The van der Waals surface area contributed by atoms with Gasteiger partial charge in [-0.3, -0.25) is 0 Å². The predicted octanol–water partition coefficient (Wildman–Crippen LogP) is 7.12. The van der Waals surface area contributed by atoms with E-state index in [-0.39, 0.29) is 46.9 Å². The molecule has 1 fully saturated rings.